The van der Waals surface area contributed by atoms with Crippen LogP contribution >= 0.6 is 0 Å². The maximum Gasteiger partial charge on any atom is 0.251 e. The number of rotatable bonds is 3. The smallest absolute Gasteiger partial charge is 0.251 e. The maximum atomic E-state index is 12.5. The zero-order chi connectivity index (χ0) is 14.1. The van der Waals surface area contributed by atoms with Gasteiger partial charge in [-0.15, -0.1) is 0 Å². The van der Waals surface area contributed by atoms with Crippen molar-refractivity contribution in [1.82, 2.24) is 5.32 Å². The standard InChI is InChI=1S/C16H20N2O2/c1-11-5-4-8-13(9-11)18-15(19)10-14(16(18)20)17-12-6-2-3-7-12/h4-5,8-9,12,14,17H,2-3,6-7,10H2,1H3/t14-/m1/s1. The predicted octanol–water partition coefficient (Wildman–Crippen LogP) is 2.16. The van der Waals surface area contributed by atoms with Gasteiger partial charge in [0.25, 0.3) is 5.91 Å². The van der Waals surface area contributed by atoms with E-state index in [9.17, 15) is 9.59 Å². The van der Waals surface area contributed by atoms with Crippen LogP contribution in [-0.4, -0.2) is 23.9 Å². The molecular formula is C16H20N2O2. The monoisotopic (exact) mass is 272 g/mol. The van der Waals surface area contributed by atoms with E-state index in [-0.39, 0.29) is 24.3 Å². The average molecular weight is 272 g/mol. The van der Waals surface area contributed by atoms with Crippen molar-refractivity contribution in [2.45, 2.75) is 51.1 Å². The summed E-state index contributed by atoms with van der Waals surface area (Å²) in [6, 6.07) is 7.60. The number of carbonyl (C=O) groups is 2. The first-order chi connectivity index (χ1) is 9.65. The minimum absolute atomic E-state index is 0.101. The van der Waals surface area contributed by atoms with Gasteiger partial charge in [-0.2, -0.15) is 0 Å². The third-order valence-corrected chi connectivity index (χ3v) is 4.20. The van der Waals surface area contributed by atoms with Crippen LogP contribution in [0.25, 0.3) is 0 Å². The molecule has 0 unspecified atom stereocenters. The fourth-order valence-corrected chi connectivity index (χ4v) is 3.18. The molecule has 0 bridgehead atoms. The summed E-state index contributed by atoms with van der Waals surface area (Å²) in [4.78, 5) is 25.9. The second-order valence-corrected chi connectivity index (χ2v) is 5.81. The van der Waals surface area contributed by atoms with Crippen LogP contribution in [0.2, 0.25) is 0 Å². The quantitative estimate of drug-likeness (QED) is 0.858. The number of carbonyl (C=O) groups excluding carboxylic acids is 2. The number of aryl methyl sites for hydroxylation is 1. The van der Waals surface area contributed by atoms with E-state index < -0.39 is 0 Å². The third-order valence-electron chi connectivity index (χ3n) is 4.20. The number of hydrogen-bond donors (Lipinski definition) is 1. The van der Waals surface area contributed by atoms with E-state index in [1.165, 1.54) is 17.7 Å². The Morgan fingerprint density at radius 3 is 2.65 bits per heavy atom. The van der Waals surface area contributed by atoms with Gasteiger partial charge >= 0.3 is 0 Å². The van der Waals surface area contributed by atoms with Gasteiger partial charge in [0.2, 0.25) is 5.91 Å². The molecule has 1 aliphatic heterocycles. The van der Waals surface area contributed by atoms with Crippen molar-refractivity contribution in [3.8, 4) is 0 Å². The molecule has 4 heteroatoms. The van der Waals surface area contributed by atoms with E-state index >= 15 is 0 Å². The zero-order valence-corrected chi connectivity index (χ0v) is 11.8. The largest absolute Gasteiger partial charge is 0.303 e. The molecule has 1 aliphatic carbocycles. The summed E-state index contributed by atoms with van der Waals surface area (Å²) >= 11 is 0. The number of nitrogens with zero attached hydrogens (tertiary/aromatic N) is 1. The number of benzene rings is 1. The Bertz CT molecular complexity index is 535. The second-order valence-electron chi connectivity index (χ2n) is 5.81. The highest BCUT2D eigenvalue weighted by Crippen LogP contribution is 2.25. The van der Waals surface area contributed by atoms with Crippen LogP contribution in [0.4, 0.5) is 5.69 Å². The molecule has 2 amide bonds. The van der Waals surface area contributed by atoms with Gasteiger partial charge in [-0.25, -0.2) is 4.90 Å². The van der Waals surface area contributed by atoms with Crippen LogP contribution in [0, 0.1) is 6.92 Å². The summed E-state index contributed by atoms with van der Waals surface area (Å²) in [5.74, 6) is -0.205. The molecule has 0 spiro atoms. The van der Waals surface area contributed by atoms with Gasteiger partial charge in [0.05, 0.1) is 18.2 Å². The highest BCUT2D eigenvalue weighted by Gasteiger charge is 2.40. The Balaban J connectivity index is 1.76. The Labute approximate surface area is 119 Å². The van der Waals surface area contributed by atoms with E-state index in [0.717, 1.165) is 18.4 Å². The van der Waals surface area contributed by atoms with Crippen molar-refractivity contribution in [3.05, 3.63) is 29.8 Å². The van der Waals surface area contributed by atoms with E-state index in [1.807, 2.05) is 31.2 Å². The van der Waals surface area contributed by atoms with Crippen LogP contribution in [0.15, 0.2) is 24.3 Å². The Morgan fingerprint density at radius 1 is 1.20 bits per heavy atom. The van der Waals surface area contributed by atoms with Crippen LogP contribution in [0.3, 0.4) is 0 Å². The number of nitrogens with one attached hydrogen (secondary N) is 1. The molecule has 20 heavy (non-hydrogen) atoms. The van der Waals surface area contributed by atoms with Crippen molar-refractivity contribution in [3.63, 3.8) is 0 Å². The van der Waals surface area contributed by atoms with Crippen molar-refractivity contribution in [2.24, 2.45) is 0 Å². The maximum absolute atomic E-state index is 12.5. The van der Waals surface area contributed by atoms with Crippen molar-refractivity contribution in [1.29, 1.82) is 0 Å². The SMILES string of the molecule is Cc1cccc(N2C(=O)C[C@@H](NC3CCCC3)C2=O)c1. The summed E-state index contributed by atoms with van der Waals surface area (Å²) in [6.07, 6.45) is 4.94. The summed E-state index contributed by atoms with van der Waals surface area (Å²) in [5, 5.41) is 3.36. The molecule has 0 radical (unpaired) electrons. The number of imide groups is 1. The topological polar surface area (TPSA) is 49.4 Å². The highest BCUT2D eigenvalue weighted by molar-refractivity contribution is 6.22. The molecule has 1 N–H and O–H groups in total. The molecule has 1 heterocycles. The van der Waals surface area contributed by atoms with Crippen LogP contribution in [0.1, 0.15) is 37.7 Å². The number of hydrogen-bond acceptors (Lipinski definition) is 3. The molecule has 2 aliphatic rings. The summed E-state index contributed by atoms with van der Waals surface area (Å²) in [7, 11) is 0. The molecule has 1 aromatic rings. The lowest BCUT2D eigenvalue weighted by Crippen LogP contribution is -2.42. The van der Waals surface area contributed by atoms with Crippen LogP contribution in [0.5, 0.6) is 0 Å². The van der Waals surface area contributed by atoms with Crippen molar-refractivity contribution >= 4 is 17.5 Å². The van der Waals surface area contributed by atoms with Crippen molar-refractivity contribution in [2.75, 3.05) is 4.90 Å². The lowest BCUT2D eigenvalue weighted by atomic mass is 10.2. The van der Waals surface area contributed by atoms with E-state index in [0.29, 0.717) is 11.7 Å². The highest BCUT2D eigenvalue weighted by atomic mass is 16.2. The van der Waals surface area contributed by atoms with Crippen LogP contribution in [-0.2, 0) is 9.59 Å². The fourth-order valence-electron chi connectivity index (χ4n) is 3.18. The second kappa shape index (κ2) is 5.37. The van der Waals surface area contributed by atoms with Crippen molar-refractivity contribution < 1.29 is 9.59 Å². The van der Waals surface area contributed by atoms with Gasteiger partial charge in [-0.3, -0.25) is 9.59 Å². The third kappa shape index (κ3) is 2.48. The average Bonchev–Trinajstić information content (AvgIpc) is 2.99. The Kier molecular flexibility index (Phi) is 3.57. The molecule has 1 saturated heterocycles. The molecule has 4 nitrogen and oxygen atoms in total. The number of anilines is 1. The van der Waals surface area contributed by atoms with E-state index in [1.54, 1.807) is 0 Å². The Hall–Kier alpha value is -1.68. The first kappa shape index (κ1) is 13.3. The summed E-state index contributed by atoms with van der Waals surface area (Å²) in [5.41, 5.74) is 1.74. The van der Waals surface area contributed by atoms with Gasteiger partial charge in [-0.05, 0) is 37.5 Å². The fraction of sp³-hybridized carbons (Fsp3) is 0.500. The summed E-state index contributed by atoms with van der Waals surface area (Å²) < 4.78 is 0. The van der Waals surface area contributed by atoms with E-state index in [2.05, 4.69) is 5.32 Å². The first-order valence-electron chi connectivity index (χ1n) is 7.34. The van der Waals surface area contributed by atoms with E-state index in [4.69, 9.17) is 0 Å². The van der Waals surface area contributed by atoms with Gasteiger partial charge in [-0.1, -0.05) is 25.0 Å². The first-order valence-corrected chi connectivity index (χ1v) is 7.34. The summed E-state index contributed by atoms with van der Waals surface area (Å²) in [6.45, 7) is 1.96. The molecular weight excluding hydrogens is 252 g/mol. The minimum atomic E-state index is -0.342. The predicted molar refractivity (Wildman–Crippen MR) is 77.5 cm³/mol. The van der Waals surface area contributed by atoms with Gasteiger partial charge < -0.3 is 5.32 Å². The molecule has 0 aromatic heterocycles. The zero-order valence-electron chi connectivity index (χ0n) is 11.8. The Morgan fingerprint density at radius 2 is 1.95 bits per heavy atom. The number of amides is 2. The van der Waals surface area contributed by atoms with Crippen LogP contribution < -0.4 is 10.2 Å². The van der Waals surface area contributed by atoms with Gasteiger partial charge in [0.1, 0.15) is 0 Å². The molecule has 3 rings (SSSR count). The lowest BCUT2D eigenvalue weighted by molar-refractivity contribution is -0.121. The lowest BCUT2D eigenvalue weighted by Gasteiger charge is -2.18. The normalized spacial score (nSPS) is 23.9. The molecule has 1 saturated carbocycles. The molecule has 1 atom stereocenters. The molecule has 106 valence electrons. The minimum Gasteiger partial charge on any atom is -0.303 e. The molecule has 1 aromatic carbocycles. The van der Waals surface area contributed by atoms with Gasteiger partial charge in [0.15, 0.2) is 0 Å². The molecule has 2 fully saturated rings. The van der Waals surface area contributed by atoms with Gasteiger partial charge in [0, 0.05) is 6.04 Å².